The fourth-order valence-corrected chi connectivity index (χ4v) is 0.768. The van der Waals surface area contributed by atoms with E-state index in [1.54, 1.807) is 6.20 Å². The van der Waals surface area contributed by atoms with Gasteiger partial charge in [0.15, 0.2) is 0 Å². The van der Waals surface area contributed by atoms with E-state index in [0.717, 1.165) is 12.2 Å². The highest BCUT2D eigenvalue weighted by molar-refractivity contribution is 5.02. The molecule has 0 spiro atoms. The van der Waals surface area contributed by atoms with Crippen molar-refractivity contribution in [2.45, 2.75) is 6.54 Å². The summed E-state index contributed by atoms with van der Waals surface area (Å²) in [6.45, 7) is 0.806. The van der Waals surface area contributed by atoms with Gasteiger partial charge in [-0.25, -0.2) is 0 Å². The summed E-state index contributed by atoms with van der Waals surface area (Å²) >= 11 is 0. The molecule has 0 aliphatic heterocycles. The first-order valence-electron chi connectivity index (χ1n) is 3.20. The van der Waals surface area contributed by atoms with E-state index in [9.17, 15) is 0 Å². The van der Waals surface area contributed by atoms with Crippen LogP contribution in [0, 0.1) is 7.05 Å². The normalized spacial score (nSPS) is 10.3. The summed E-state index contributed by atoms with van der Waals surface area (Å²) in [5.74, 6) is 0. The molecule has 0 atom stereocenters. The highest BCUT2D eigenvalue weighted by atomic mass is 15.1. The summed E-state index contributed by atoms with van der Waals surface area (Å²) in [5.41, 5.74) is 1.06. The van der Waals surface area contributed by atoms with Crippen LogP contribution in [0.5, 0.6) is 0 Å². The second kappa shape index (κ2) is 3.32. The van der Waals surface area contributed by atoms with Crippen molar-refractivity contribution in [2.24, 2.45) is 0 Å². The van der Waals surface area contributed by atoms with Crippen LogP contribution in [0.1, 0.15) is 5.69 Å². The van der Waals surface area contributed by atoms with E-state index >= 15 is 0 Å². The summed E-state index contributed by atoms with van der Waals surface area (Å²) in [6, 6.07) is 5.88. The van der Waals surface area contributed by atoms with Gasteiger partial charge in [0.05, 0.1) is 5.69 Å². The van der Waals surface area contributed by atoms with Crippen molar-refractivity contribution in [3.63, 3.8) is 0 Å². The largest absolute Gasteiger partial charge is 0.457 e. The van der Waals surface area contributed by atoms with Crippen LogP contribution < -0.4 is 0 Å². The Morgan fingerprint density at radius 1 is 1.60 bits per heavy atom. The fraction of sp³-hybridized carbons (Fsp3) is 0.250. The first-order chi connectivity index (χ1) is 4.79. The smallest absolute Gasteiger partial charge is 0.0519 e. The van der Waals surface area contributed by atoms with Crippen LogP contribution in [-0.2, 0) is 6.54 Å². The second-order valence-corrected chi connectivity index (χ2v) is 2.34. The molecule has 0 saturated heterocycles. The van der Waals surface area contributed by atoms with Gasteiger partial charge in [0.2, 0.25) is 0 Å². The molecule has 0 N–H and O–H groups in total. The first kappa shape index (κ1) is 7.22. The minimum Gasteiger partial charge on any atom is -0.457 e. The Labute approximate surface area is 61.5 Å². The van der Waals surface area contributed by atoms with Gasteiger partial charge in [-0.05, 0) is 19.2 Å². The molecule has 2 nitrogen and oxygen atoms in total. The molecule has 10 heavy (non-hydrogen) atoms. The molecule has 0 aliphatic rings. The molecule has 0 aliphatic carbocycles. The Bertz CT molecular complexity index is 182. The molecular weight excluding hydrogens is 124 g/mol. The summed E-state index contributed by atoms with van der Waals surface area (Å²) in [7, 11) is 5.65. The van der Waals surface area contributed by atoms with Crippen LogP contribution in [0.15, 0.2) is 24.4 Å². The zero-order valence-corrected chi connectivity index (χ0v) is 6.12. The van der Waals surface area contributed by atoms with E-state index in [0.29, 0.717) is 0 Å². The van der Waals surface area contributed by atoms with Gasteiger partial charge in [-0.15, -0.1) is 0 Å². The van der Waals surface area contributed by atoms with Crippen LogP contribution in [0.25, 0.3) is 0 Å². The average molecular weight is 135 g/mol. The zero-order chi connectivity index (χ0) is 7.40. The van der Waals surface area contributed by atoms with Crippen LogP contribution in [0.2, 0.25) is 0 Å². The standard InChI is InChI=1S/C8H11N2/c1-10(2)7-8-5-3-4-6-9-8/h3-6H,1,7H2,2H3/q-1. The monoisotopic (exact) mass is 135 g/mol. The summed E-state index contributed by atoms with van der Waals surface area (Å²) < 4.78 is 0. The molecule has 1 heterocycles. The van der Waals surface area contributed by atoms with Crippen LogP contribution in [0.4, 0.5) is 0 Å². The van der Waals surface area contributed by atoms with Crippen molar-refractivity contribution in [3.05, 3.63) is 37.1 Å². The number of rotatable bonds is 2. The molecule has 0 unspecified atom stereocenters. The molecule has 54 valence electrons. The molecule has 0 aromatic carbocycles. The molecule has 0 bridgehead atoms. The predicted molar refractivity (Wildman–Crippen MR) is 41.1 cm³/mol. The van der Waals surface area contributed by atoms with E-state index in [4.69, 9.17) is 0 Å². The molecule has 0 amide bonds. The third-order valence-corrected chi connectivity index (χ3v) is 1.16. The van der Waals surface area contributed by atoms with Gasteiger partial charge in [0.25, 0.3) is 0 Å². The van der Waals surface area contributed by atoms with E-state index in [2.05, 4.69) is 12.0 Å². The van der Waals surface area contributed by atoms with Crippen molar-refractivity contribution < 1.29 is 0 Å². The number of hydrogen-bond donors (Lipinski definition) is 0. The summed E-state index contributed by atoms with van der Waals surface area (Å²) in [6.07, 6.45) is 1.79. The zero-order valence-electron chi connectivity index (χ0n) is 6.12. The van der Waals surface area contributed by atoms with Crippen molar-refractivity contribution in [1.82, 2.24) is 9.88 Å². The minimum absolute atomic E-state index is 0.806. The fourth-order valence-electron chi connectivity index (χ4n) is 0.768. The Balaban J connectivity index is 2.59. The van der Waals surface area contributed by atoms with Gasteiger partial charge in [0.1, 0.15) is 0 Å². The Morgan fingerprint density at radius 2 is 2.40 bits per heavy atom. The van der Waals surface area contributed by atoms with Gasteiger partial charge in [-0.1, -0.05) is 6.07 Å². The lowest BCUT2D eigenvalue weighted by molar-refractivity contribution is 0.438. The molecule has 0 saturated carbocycles. The lowest BCUT2D eigenvalue weighted by Crippen LogP contribution is -2.08. The molecule has 2 heteroatoms. The summed E-state index contributed by atoms with van der Waals surface area (Å²) in [4.78, 5) is 5.99. The van der Waals surface area contributed by atoms with Crippen molar-refractivity contribution in [3.8, 4) is 0 Å². The maximum Gasteiger partial charge on any atom is 0.0519 e. The van der Waals surface area contributed by atoms with Crippen LogP contribution >= 0.6 is 0 Å². The number of aromatic nitrogens is 1. The van der Waals surface area contributed by atoms with E-state index < -0.39 is 0 Å². The first-order valence-corrected chi connectivity index (χ1v) is 3.20. The second-order valence-electron chi connectivity index (χ2n) is 2.34. The Morgan fingerprint density at radius 3 is 2.90 bits per heavy atom. The molecule has 0 fully saturated rings. The van der Waals surface area contributed by atoms with Crippen LogP contribution in [0.3, 0.4) is 0 Å². The molecular formula is C8H11N2-. The highest BCUT2D eigenvalue weighted by Crippen LogP contribution is 1.95. The van der Waals surface area contributed by atoms with Crippen molar-refractivity contribution >= 4 is 0 Å². The van der Waals surface area contributed by atoms with Gasteiger partial charge < -0.3 is 4.90 Å². The summed E-state index contributed by atoms with van der Waals surface area (Å²) in [5, 5.41) is 0. The molecule has 1 aromatic rings. The van der Waals surface area contributed by atoms with E-state index in [1.165, 1.54) is 0 Å². The van der Waals surface area contributed by atoms with E-state index in [-0.39, 0.29) is 0 Å². The third-order valence-electron chi connectivity index (χ3n) is 1.16. The Kier molecular flexibility index (Phi) is 2.40. The quantitative estimate of drug-likeness (QED) is 0.568. The predicted octanol–water partition coefficient (Wildman–Crippen LogP) is 1.30. The van der Waals surface area contributed by atoms with Gasteiger partial charge in [-0.2, -0.15) is 0 Å². The molecule has 1 aromatic heterocycles. The SMILES string of the molecule is [CH2-]N(C)Cc1ccccn1. The maximum absolute atomic E-state index is 4.14. The number of hydrogen-bond acceptors (Lipinski definition) is 2. The highest BCUT2D eigenvalue weighted by Gasteiger charge is 1.88. The number of nitrogens with zero attached hydrogens (tertiary/aromatic N) is 2. The minimum atomic E-state index is 0.806. The molecule has 1 rings (SSSR count). The Hall–Kier alpha value is -0.890. The molecule has 0 radical (unpaired) electrons. The maximum atomic E-state index is 4.14. The van der Waals surface area contributed by atoms with Crippen molar-refractivity contribution in [2.75, 3.05) is 7.05 Å². The third kappa shape index (κ3) is 2.15. The lowest BCUT2D eigenvalue weighted by atomic mass is 10.3. The topological polar surface area (TPSA) is 16.1 Å². The van der Waals surface area contributed by atoms with Crippen molar-refractivity contribution in [1.29, 1.82) is 0 Å². The van der Waals surface area contributed by atoms with E-state index in [1.807, 2.05) is 30.1 Å². The van der Waals surface area contributed by atoms with Gasteiger partial charge in [-0.3, -0.25) is 12.0 Å². The van der Waals surface area contributed by atoms with Crippen LogP contribution in [-0.4, -0.2) is 16.9 Å². The average Bonchev–Trinajstić information content (AvgIpc) is 1.88. The number of pyridine rings is 1. The van der Waals surface area contributed by atoms with Gasteiger partial charge >= 0.3 is 0 Å². The lowest BCUT2D eigenvalue weighted by Gasteiger charge is -2.16. The van der Waals surface area contributed by atoms with Gasteiger partial charge in [0, 0.05) is 12.7 Å².